The number of aryl methyl sites for hydroxylation is 1. The lowest BCUT2D eigenvalue weighted by atomic mass is 10.1. The molecule has 0 N–H and O–H groups in total. The van der Waals surface area contributed by atoms with Crippen LogP contribution in [0.3, 0.4) is 0 Å². The van der Waals surface area contributed by atoms with Gasteiger partial charge in [0, 0.05) is 31.7 Å². The molecule has 2 aromatic carbocycles. The number of aromatic nitrogens is 1. The Morgan fingerprint density at radius 1 is 1.03 bits per heavy atom. The van der Waals surface area contributed by atoms with Crippen molar-refractivity contribution >= 4 is 43.6 Å². The highest BCUT2D eigenvalue weighted by atomic mass is 32.2. The third-order valence-electron chi connectivity index (χ3n) is 6.51. The molecule has 196 valence electrons. The molecular weight excluding hydrogens is 516 g/mol. The van der Waals surface area contributed by atoms with E-state index in [-0.39, 0.29) is 49.7 Å². The molecule has 2 fully saturated rings. The molecule has 37 heavy (non-hydrogen) atoms. The molecule has 12 heteroatoms. The number of ether oxygens (including phenoxy) is 2. The summed E-state index contributed by atoms with van der Waals surface area (Å²) in [5.41, 5.74) is 2.45. The van der Waals surface area contributed by atoms with Crippen LogP contribution in [0.15, 0.2) is 47.4 Å². The second kappa shape index (κ2) is 10.3. The van der Waals surface area contributed by atoms with E-state index in [1.54, 1.807) is 11.8 Å². The maximum Gasteiger partial charge on any atom is 0.409 e. The van der Waals surface area contributed by atoms with Crippen LogP contribution < -0.4 is 4.74 Å². The van der Waals surface area contributed by atoms with E-state index in [1.807, 2.05) is 25.1 Å². The maximum atomic E-state index is 13.0. The Kier molecular flexibility index (Phi) is 7.06. The number of para-hydroxylation sites is 1. The average Bonchev–Trinajstić information content (AvgIpc) is 3.30. The summed E-state index contributed by atoms with van der Waals surface area (Å²) in [7, 11) is -3.73. The Morgan fingerprint density at radius 2 is 1.73 bits per heavy atom. The van der Waals surface area contributed by atoms with Crippen molar-refractivity contribution in [3.63, 3.8) is 0 Å². The van der Waals surface area contributed by atoms with E-state index in [9.17, 15) is 18.0 Å². The number of piperazine rings is 1. The second-order valence-electron chi connectivity index (χ2n) is 8.97. The minimum Gasteiger partial charge on any atom is -0.463 e. The van der Waals surface area contributed by atoms with Gasteiger partial charge in [0.1, 0.15) is 6.10 Å². The fourth-order valence-corrected chi connectivity index (χ4v) is 6.75. The number of fused-ring (bicyclic) bond motifs is 1. The minimum atomic E-state index is -3.73. The van der Waals surface area contributed by atoms with Crippen molar-refractivity contribution in [3.05, 3.63) is 53.6 Å². The fraction of sp³-hybridized carbons (Fsp3) is 0.400. The van der Waals surface area contributed by atoms with Crippen LogP contribution in [0, 0.1) is 6.92 Å². The highest BCUT2D eigenvalue weighted by molar-refractivity contribution is 7.89. The number of rotatable bonds is 6. The van der Waals surface area contributed by atoms with Crippen LogP contribution >= 0.6 is 11.3 Å². The number of hydrogen-bond donors (Lipinski definition) is 0. The molecule has 2 aliphatic rings. The molecule has 1 aromatic heterocycles. The number of thiazole rings is 1. The van der Waals surface area contributed by atoms with Crippen molar-refractivity contribution in [2.75, 3.05) is 45.9 Å². The minimum absolute atomic E-state index is 0.115. The van der Waals surface area contributed by atoms with Gasteiger partial charge in [0.05, 0.1) is 34.8 Å². The molecule has 0 bridgehead atoms. The first-order valence-corrected chi connectivity index (χ1v) is 14.4. The Bertz CT molecular complexity index is 1410. The average molecular weight is 545 g/mol. The number of likely N-dealkylation sites (tertiary alicyclic amines) is 1. The van der Waals surface area contributed by atoms with Crippen LogP contribution in [0.1, 0.15) is 22.8 Å². The van der Waals surface area contributed by atoms with Crippen molar-refractivity contribution in [2.45, 2.75) is 24.8 Å². The monoisotopic (exact) mass is 544 g/mol. The molecule has 0 spiro atoms. The molecule has 2 amide bonds. The van der Waals surface area contributed by atoms with E-state index in [1.165, 1.54) is 44.8 Å². The standard InChI is InChI=1S/C25H28N4O6S2/c1-3-34-25(31)27-11-13-29(14-12-27)37(32,33)20-9-7-18(8-10-20)23(30)28-15-19(16-28)35-24-26-22-17(2)5-4-6-21(22)36-24/h4-10,19H,3,11-16H2,1-2H3. The van der Waals surface area contributed by atoms with Crippen molar-refractivity contribution in [3.8, 4) is 5.19 Å². The van der Waals surface area contributed by atoms with Crippen LogP contribution in [0.25, 0.3) is 10.2 Å². The Morgan fingerprint density at radius 3 is 2.38 bits per heavy atom. The second-order valence-corrected chi connectivity index (χ2v) is 11.9. The molecule has 0 radical (unpaired) electrons. The maximum absolute atomic E-state index is 13.0. The first-order valence-electron chi connectivity index (χ1n) is 12.1. The van der Waals surface area contributed by atoms with Crippen LogP contribution in [0.5, 0.6) is 5.19 Å². The molecule has 10 nitrogen and oxygen atoms in total. The van der Waals surface area contributed by atoms with Crippen molar-refractivity contribution in [2.24, 2.45) is 0 Å². The van der Waals surface area contributed by atoms with Gasteiger partial charge < -0.3 is 19.3 Å². The van der Waals surface area contributed by atoms with E-state index in [0.29, 0.717) is 23.8 Å². The predicted octanol–water partition coefficient (Wildman–Crippen LogP) is 2.97. The third-order valence-corrected chi connectivity index (χ3v) is 9.33. The topological polar surface area (TPSA) is 109 Å². The fourth-order valence-electron chi connectivity index (χ4n) is 4.36. The smallest absolute Gasteiger partial charge is 0.409 e. The van der Waals surface area contributed by atoms with Crippen LogP contribution in [-0.2, 0) is 14.8 Å². The normalized spacial score (nSPS) is 17.0. The van der Waals surface area contributed by atoms with Crippen LogP contribution in [0.2, 0.25) is 0 Å². The van der Waals surface area contributed by atoms with Gasteiger partial charge >= 0.3 is 6.09 Å². The summed E-state index contributed by atoms with van der Waals surface area (Å²) in [6.07, 6.45) is -0.561. The van der Waals surface area contributed by atoms with Crippen molar-refractivity contribution in [1.29, 1.82) is 0 Å². The van der Waals surface area contributed by atoms with Gasteiger partial charge in [0.15, 0.2) is 0 Å². The number of nitrogens with zero attached hydrogens (tertiary/aromatic N) is 4. The summed E-state index contributed by atoms with van der Waals surface area (Å²) in [5.74, 6) is -0.174. The summed E-state index contributed by atoms with van der Waals surface area (Å²) in [4.78, 5) is 32.6. The first-order chi connectivity index (χ1) is 17.8. The molecule has 3 heterocycles. The lowest BCUT2D eigenvalue weighted by Crippen LogP contribution is -2.56. The molecule has 2 aliphatic heterocycles. The largest absolute Gasteiger partial charge is 0.463 e. The van der Waals surface area contributed by atoms with Gasteiger partial charge in [0.2, 0.25) is 10.0 Å². The number of sulfonamides is 1. The number of hydrogen-bond acceptors (Lipinski definition) is 8. The Hall–Kier alpha value is -3.22. The van der Waals surface area contributed by atoms with Gasteiger partial charge in [-0.15, -0.1) is 0 Å². The molecular formula is C25H28N4O6S2. The van der Waals surface area contributed by atoms with Gasteiger partial charge in [-0.3, -0.25) is 4.79 Å². The zero-order valence-electron chi connectivity index (χ0n) is 20.6. The van der Waals surface area contributed by atoms with Gasteiger partial charge in [-0.1, -0.05) is 23.5 Å². The van der Waals surface area contributed by atoms with E-state index >= 15 is 0 Å². The van der Waals surface area contributed by atoms with E-state index in [4.69, 9.17) is 9.47 Å². The lowest BCUT2D eigenvalue weighted by molar-refractivity contribution is 0.0178. The zero-order valence-corrected chi connectivity index (χ0v) is 22.3. The quantitative estimate of drug-likeness (QED) is 0.469. The van der Waals surface area contributed by atoms with E-state index < -0.39 is 16.1 Å². The van der Waals surface area contributed by atoms with Crippen molar-refractivity contribution < 1.29 is 27.5 Å². The number of carbonyl (C=O) groups excluding carboxylic acids is 2. The summed E-state index contributed by atoms with van der Waals surface area (Å²) in [5, 5.41) is 0.596. The van der Waals surface area contributed by atoms with Crippen LogP contribution in [0.4, 0.5) is 4.79 Å². The predicted molar refractivity (Wildman–Crippen MR) is 138 cm³/mol. The summed E-state index contributed by atoms with van der Waals surface area (Å²) < 4.78 is 39.5. The number of amides is 2. The molecule has 2 saturated heterocycles. The highest BCUT2D eigenvalue weighted by Gasteiger charge is 2.34. The molecule has 0 aliphatic carbocycles. The van der Waals surface area contributed by atoms with E-state index in [0.717, 1.165) is 15.8 Å². The summed E-state index contributed by atoms with van der Waals surface area (Å²) >= 11 is 1.49. The summed E-state index contributed by atoms with van der Waals surface area (Å²) in [6, 6.07) is 12.0. The molecule has 0 atom stereocenters. The zero-order chi connectivity index (χ0) is 26.2. The summed E-state index contributed by atoms with van der Waals surface area (Å²) in [6.45, 7) is 5.81. The van der Waals surface area contributed by atoms with Gasteiger partial charge in [-0.25, -0.2) is 18.2 Å². The molecule has 0 saturated carbocycles. The van der Waals surface area contributed by atoms with Gasteiger partial charge in [-0.05, 0) is 49.7 Å². The van der Waals surface area contributed by atoms with Crippen molar-refractivity contribution in [1.82, 2.24) is 19.1 Å². The lowest BCUT2D eigenvalue weighted by Gasteiger charge is -2.38. The van der Waals surface area contributed by atoms with Crippen LogP contribution in [-0.4, -0.2) is 91.5 Å². The Labute approximate surface area is 219 Å². The number of benzene rings is 2. The molecule has 0 unspecified atom stereocenters. The molecule has 3 aromatic rings. The third kappa shape index (κ3) is 5.13. The SMILES string of the molecule is CCOC(=O)N1CCN(S(=O)(=O)c2ccc(C(=O)N3CC(Oc4nc5c(C)cccc5s4)C3)cc2)CC1. The highest BCUT2D eigenvalue weighted by Crippen LogP contribution is 2.31. The van der Waals surface area contributed by atoms with Gasteiger partial charge in [-0.2, -0.15) is 4.31 Å². The Balaban J connectivity index is 1.15. The van der Waals surface area contributed by atoms with E-state index in [2.05, 4.69) is 4.98 Å². The number of carbonyl (C=O) groups is 2. The van der Waals surface area contributed by atoms with Gasteiger partial charge in [0.25, 0.3) is 11.1 Å². The molecule has 5 rings (SSSR count). The first kappa shape index (κ1) is 25.4.